The van der Waals surface area contributed by atoms with E-state index >= 15 is 0 Å². The minimum absolute atomic E-state index is 0.0859. The summed E-state index contributed by atoms with van der Waals surface area (Å²) in [4.78, 5) is 24.9. The molecule has 1 aromatic rings. The summed E-state index contributed by atoms with van der Waals surface area (Å²) in [6.45, 7) is 2.72. The molecule has 0 unspecified atom stereocenters. The van der Waals surface area contributed by atoms with Crippen LogP contribution in [0.4, 0.5) is 0 Å². The summed E-state index contributed by atoms with van der Waals surface area (Å²) in [6.07, 6.45) is 3.22. The molecule has 0 aliphatic rings. The molecule has 0 radical (unpaired) electrons. The third-order valence-corrected chi connectivity index (χ3v) is 3.36. The molecule has 1 aromatic heterocycles. The molecule has 0 aromatic carbocycles. The molecule has 0 aliphatic carbocycles. The van der Waals surface area contributed by atoms with Crippen LogP contribution in [0.5, 0.6) is 0 Å². The minimum atomic E-state index is -1.05. The van der Waals surface area contributed by atoms with E-state index in [1.807, 2.05) is 6.92 Å². The van der Waals surface area contributed by atoms with Gasteiger partial charge in [-0.3, -0.25) is 4.79 Å². The molecule has 1 rings (SSSR count). The van der Waals surface area contributed by atoms with Gasteiger partial charge in [0.05, 0.1) is 11.5 Å². The summed E-state index contributed by atoms with van der Waals surface area (Å²) in [6, 6.07) is 1.71. The fourth-order valence-electron chi connectivity index (χ4n) is 1.63. The Morgan fingerprint density at radius 3 is 2.74 bits per heavy atom. The summed E-state index contributed by atoms with van der Waals surface area (Å²) in [7, 11) is 0. The second-order valence-corrected chi connectivity index (χ2v) is 4.81. The number of amides is 1. The zero-order valence-corrected chi connectivity index (χ0v) is 11.5. The Morgan fingerprint density at radius 2 is 2.16 bits per heavy atom. The zero-order valence-electron chi connectivity index (χ0n) is 10.7. The van der Waals surface area contributed by atoms with Crippen molar-refractivity contribution in [2.45, 2.75) is 13.3 Å². The average molecular weight is 283 g/mol. The van der Waals surface area contributed by atoms with E-state index in [4.69, 9.17) is 10.2 Å². The number of aliphatic hydroxyl groups excluding tert-OH is 1. The fourth-order valence-corrected chi connectivity index (χ4v) is 2.49. The lowest BCUT2D eigenvalue weighted by Crippen LogP contribution is -2.34. The Morgan fingerprint density at radius 1 is 1.42 bits per heavy atom. The first kappa shape index (κ1) is 15.4. The molecule has 1 heterocycles. The highest BCUT2D eigenvalue weighted by molar-refractivity contribution is 7.12. The van der Waals surface area contributed by atoms with Crippen LogP contribution >= 0.6 is 11.3 Å². The standard InChI is InChI=1S/C13H17NO4S/c1-2-6-14(7-8-15)13(18)12-10(5-9-19-12)3-4-11(16)17/h3-5,9,15H,2,6-8H2,1H3,(H,16,17)/b4-3+. The van der Waals surface area contributed by atoms with E-state index in [-0.39, 0.29) is 19.1 Å². The third kappa shape index (κ3) is 4.50. The fraction of sp³-hybridized carbons (Fsp3) is 0.385. The molecule has 0 bridgehead atoms. The number of aliphatic hydroxyl groups is 1. The van der Waals surface area contributed by atoms with Crippen molar-refractivity contribution in [1.82, 2.24) is 4.90 Å². The molecular weight excluding hydrogens is 266 g/mol. The molecule has 1 amide bonds. The molecule has 6 heteroatoms. The smallest absolute Gasteiger partial charge is 0.328 e. The molecule has 19 heavy (non-hydrogen) atoms. The highest BCUT2D eigenvalue weighted by atomic mass is 32.1. The SMILES string of the molecule is CCCN(CCO)C(=O)c1sccc1/C=C/C(=O)O. The van der Waals surface area contributed by atoms with Crippen LogP contribution in [0.15, 0.2) is 17.5 Å². The van der Waals surface area contributed by atoms with Gasteiger partial charge >= 0.3 is 5.97 Å². The van der Waals surface area contributed by atoms with E-state index in [0.29, 0.717) is 17.0 Å². The van der Waals surface area contributed by atoms with Gasteiger partial charge in [-0.1, -0.05) is 6.92 Å². The number of hydrogen-bond acceptors (Lipinski definition) is 4. The number of rotatable bonds is 7. The maximum atomic E-state index is 12.3. The van der Waals surface area contributed by atoms with Gasteiger partial charge in [0.25, 0.3) is 5.91 Å². The number of hydrogen-bond donors (Lipinski definition) is 2. The van der Waals surface area contributed by atoms with Gasteiger partial charge in [-0.15, -0.1) is 11.3 Å². The molecule has 5 nitrogen and oxygen atoms in total. The first-order valence-electron chi connectivity index (χ1n) is 5.98. The van der Waals surface area contributed by atoms with Crippen molar-refractivity contribution >= 4 is 29.3 Å². The van der Waals surface area contributed by atoms with Crippen LogP contribution in [0.1, 0.15) is 28.6 Å². The number of nitrogens with zero attached hydrogens (tertiary/aromatic N) is 1. The number of carboxylic acid groups (broad SMARTS) is 1. The van der Waals surface area contributed by atoms with Crippen LogP contribution < -0.4 is 0 Å². The number of aliphatic carboxylic acids is 1. The van der Waals surface area contributed by atoms with Gasteiger partial charge in [0, 0.05) is 19.2 Å². The largest absolute Gasteiger partial charge is 0.478 e. The lowest BCUT2D eigenvalue weighted by atomic mass is 10.2. The third-order valence-electron chi connectivity index (χ3n) is 2.45. The summed E-state index contributed by atoms with van der Waals surface area (Å²) < 4.78 is 0. The van der Waals surface area contributed by atoms with Crippen LogP contribution in [0.25, 0.3) is 6.08 Å². The van der Waals surface area contributed by atoms with Crippen molar-refractivity contribution in [3.63, 3.8) is 0 Å². The van der Waals surface area contributed by atoms with E-state index in [1.54, 1.807) is 16.3 Å². The summed E-state index contributed by atoms with van der Waals surface area (Å²) in [5.41, 5.74) is 0.594. The van der Waals surface area contributed by atoms with Crippen molar-refractivity contribution in [3.05, 3.63) is 28.0 Å². The molecule has 0 spiro atoms. The molecule has 0 atom stereocenters. The van der Waals surface area contributed by atoms with Crippen molar-refractivity contribution in [2.24, 2.45) is 0 Å². The molecular formula is C13H17NO4S. The summed E-state index contributed by atoms with van der Waals surface area (Å²) in [5, 5.41) is 19.3. The second kappa shape index (κ2) is 7.70. The maximum absolute atomic E-state index is 12.3. The van der Waals surface area contributed by atoms with E-state index in [0.717, 1.165) is 12.5 Å². The highest BCUT2D eigenvalue weighted by Gasteiger charge is 2.18. The topological polar surface area (TPSA) is 77.8 Å². The first-order valence-corrected chi connectivity index (χ1v) is 6.86. The lowest BCUT2D eigenvalue weighted by molar-refractivity contribution is -0.131. The van der Waals surface area contributed by atoms with Crippen LogP contribution in [0.3, 0.4) is 0 Å². The van der Waals surface area contributed by atoms with Gasteiger partial charge in [0.2, 0.25) is 0 Å². The minimum Gasteiger partial charge on any atom is -0.478 e. The molecule has 0 saturated heterocycles. The van der Waals surface area contributed by atoms with Crippen LogP contribution in [-0.2, 0) is 4.79 Å². The van der Waals surface area contributed by atoms with Gasteiger partial charge in [0.15, 0.2) is 0 Å². The second-order valence-electron chi connectivity index (χ2n) is 3.89. The van der Waals surface area contributed by atoms with Crippen molar-refractivity contribution in [1.29, 1.82) is 0 Å². The number of thiophene rings is 1. The van der Waals surface area contributed by atoms with Gasteiger partial charge in [0.1, 0.15) is 0 Å². The normalized spacial score (nSPS) is 10.8. The molecule has 104 valence electrons. The van der Waals surface area contributed by atoms with Crippen LogP contribution in [0.2, 0.25) is 0 Å². The Bertz CT molecular complexity index is 461. The number of carbonyl (C=O) groups excluding carboxylic acids is 1. The number of carboxylic acids is 1. The van der Waals surface area contributed by atoms with Crippen LogP contribution in [0, 0.1) is 0 Å². The Labute approximate surface area is 115 Å². The van der Waals surface area contributed by atoms with Gasteiger partial charge in [-0.05, 0) is 29.5 Å². The van der Waals surface area contributed by atoms with E-state index in [2.05, 4.69) is 0 Å². The van der Waals surface area contributed by atoms with E-state index in [9.17, 15) is 9.59 Å². The molecule has 0 saturated carbocycles. The van der Waals surface area contributed by atoms with Gasteiger partial charge in [-0.2, -0.15) is 0 Å². The monoisotopic (exact) mass is 283 g/mol. The predicted molar refractivity (Wildman–Crippen MR) is 74.3 cm³/mol. The summed E-state index contributed by atoms with van der Waals surface area (Å²) >= 11 is 1.27. The highest BCUT2D eigenvalue weighted by Crippen LogP contribution is 2.20. The zero-order chi connectivity index (χ0) is 14.3. The Hall–Kier alpha value is -1.66. The molecule has 0 aliphatic heterocycles. The first-order chi connectivity index (χ1) is 9.10. The van der Waals surface area contributed by atoms with Gasteiger partial charge in [-0.25, -0.2) is 4.79 Å². The quantitative estimate of drug-likeness (QED) is 0.746. The van der Waals surface area contributed by atoms with Gasteiger partial charge < -0.3 is 15.1 Å². The summed E-state index contributed by atoms with van der Waals surface area (Å²) in [5.74, 6) is -1.22. The average Bonchev–Trinajstić information content (AvgIpc) is 2.83. The Balaban J connectivity index is 2.92. The van der Waals surface area contributed by atoms with Crippen LogP contribution in [-0.4, -0.2) is 46.7 Å². The number of carbonyl (C=O) groups is 2. The van der Waals surface area contributed by atoms with Crippen molar-refractivity contribution in [3.8, 4) is 0 Å². The maximum Gasteiger partial charge on any atom is 0.328 e. The Kier molecular flexibility index (Phi) is 6.24. The molecule has 2 N–H and O–H groups in total. The van der Waals surface area contributed by atoms with Crippen molar-refractivity contribution in [2.75, 3.05) is 19.7 Å². The van der Waals surface area contributed by atoms with E-state index < -0.39 is 5.97 Å². The molecule has 0 fully saturated rings. The van der Waals surface area contributed by atoms with E-state index in [1.165, 1.54) is 17.4 Å². The lowest BCUT2D eigenvalue weighted by Gasteiger charge is -2.20. The predicted octanol–water partition coefficient (Wildman–Crippen LogP) is 1.69. The van der Waals surface area contributed by atoms with Crippen molar-refractivity contribution < 1.29 is 19.8 Å².